The van der Waals surface area contributed by atoms with Crippen molar-refractivity contribution >= 4 is 11.8 Å². The third kappa shape index (κ3) is 3.66. The van der Waals surface area contributed by atoms with E-state index in [4.69, 9.17) is 4.74 Å². The molecule has 0 N–H and O–H groups in total. The normalized spacial score (nSPS) is 16.6. The van der Waals surface area contributed by atoms with Gasteiger partial charge in [0, 0.05) is 44.7 Å². The number of pyridine rings is 1. The number of carbonyl (C=O) groups is 1. The Bertz CT molecular complexity index is 812. The first-order valence-corrected chi connectivity index (χ1v) is 8.30. The first kappa shape index (κ1) is 18.2. The molecule has 1 aliphatic heterocycles. The van der Waals surface area contributed by atoms with Crippen LogP contribution in [0.2, 0.25) is 0 Å². The van der Waals surface area contributed by atoms with E-state index in [1.165, 1.54) is 27.9 Å². The van der Waals surface area contributed by atoms with Crippen molar-refractivity contribution < 1.29 is 22.7 Å². The van der Waals surface area contributed by atoms with Crippen LogP contribution in [0.5, 0.6) is 0 Å². The summed E-state index contributed by atoms with van der Waals surface area (Å²) in [5.74, 6) is -3.82. The smallest absolute Gasteiger partial charge is 0.358 e. The number of esters is 1. The molecule has 0 spiro atoms. The Hall–Kier alpha value is -2.58. The monoisotopic (exact) mass is 368 g/mol. The zero-order chi connectivity index (χ0) is 18.9. The summed E-state index contributed by atoms with van der Waals surface area (Å²) in [6.45, 7) is 2.02. The Balaban J connectivity index is 1.83. The fourth-order valence-electron chi connectivity index (χ4n) is 2.89. The van der Waals surface area contributed by atoms with Crippen molar-refractivity contribution in [3.63, 3.8) is 0 Å². The molecular weight excluding hydrogens is 349 g/mol. The highest BCUT2D eigenvalue weighted by Gasteiger charge is 2.35. The van der Waals surface area contributed by atoms with Gasteiger partial charge in [-0.05, 0) is 19.1 Å². The lowest BCUT2D eigenvalue weighted by Gasteiger charge is -2.32. The van der Waals surface area contributed by atoms with Crippen LogP contribution in [0.3, 0.4) is 0 Å². The molecule has 140 valence electrons. The van der Waals surface area contributed by atoms with Crippen molar-refractivity contribution in [1.29, 1.82) is 0 Å². The number of aryl methyl sites for hydroxylation is 1. The highest BCUT2D eigenvalue weighted by molar-refractivity contribution is 5.88. The van der Waals surface area contributed by atoms with Gasteiger partial charge < -0.3 is 9.64 Å². The number of halogens is 3. The summed E-state index contributed by atoms with van der Waals surface area (Å²) in [7, 11) is 1.62. The van der Waals surface area contributed by atoms with E-state index in [0.717, 1.165) is 0 Å². The lowest BCUT2D eigenvalue weighted by atomic mass is 10.1. The molecule has 1 fully saturated rings. The Labute approximate surface area is 148 Å². The van der Waals surface area contributed by atoms with Crippen LogP contribution in [0.1, 0.15) is 30.3 Å². The summed E-state index contributed by atoms with van der Waals surface area (Å²) in [5, 5.41) is 4.06. The molecule has 1 aliphatic rings. The second kappa shape index (κ2) is 6.97. The Morgan fingerprint density at radius 1 is 1.31 bits per heavy atom. The molecule has 3 rings (SSSR count). The van der Waals surface area contributed by atoms with E-state index in [1.807, 2.05) is 0 Å². The van der Waals surface area contributed by atoms with E-state index in [-0.39, 0.29) is 44.0 Å². The lowest BCUT2D eigenvalue weighted by Crippen LogP contribution is -2.40. The largest absolute Gasteiger partial charge is 0.461 e. The highest BCUT2D eigenvalue weighted by Crippen LogP contribution is 2.31. The zero-order valence-electron chi connectivity index (χ0n) is 14.5. The minimum absolute atomic E-state index is 0.0506. The van der Waals surface area contributed by atoms with Crippen LogP contribution in [0.25, 0.3) is 11.3 Å². The summed E-state index contributed by atoms with van der Waals surface area (Å²) >= 11 is 0. The fraction of sp³-hybridized carbons (Fsp3) is 0.471. The number of hydrogen-bond donors (Lipinski definition) is 0. The van der Waals surface area contributed by atoms with Gasteiger partial charge in [0.15, 0.2) is 17.3 Å². The number of carbonyl (C=O) groups excluding carboxylic acids is 1. The average Bonchev–Trinajstić information content (AvgIpc) is 2.97. The Kier molecular flexibility index (Phi) is 4.88. The molecule has 6 nitrogen and oxygen atoms in total. The van der Waals surface area contributed by atoms with E-state index in [9.17, 15) is 18.0 Å². The average molecular weight is 368 g/mol. The minimum atomic E-state index is -2.70. The van der Waals surface area contributed by atoms with Crippen LogP contribution in [0, 0.1) is 5.82 Å². The molecule has 0 saturated carbocycles. The van der Waals surface area contributed by atoms with Crippen molar-refractivity contribution in [3.8, 4) is 11.3 Å². The van der Waals surface area contributed by atoms with Gasteiger partial charge in [0.25, 0.3) is 5.92 Å². The summed E-state index contributed by atoms with van der Waals surface area (Å²) in [6, 6.07) is 2.76. The third-order valence-electron chi connectivity index (χ3n) is 4.28. The van der Waals surface area contributed by atoms with Gasteiger partial charge in [0.1, 0.15) is 0 Å². The number of alkyl halides is 2. The topological polar surface area (TPSA) is 60.2 Å². The van der Waals surface area contributed by atoms with Crippen LogP contribution in [0.15, 0.2) is 18.3 Å². The van der Waals surface area contributed by atoms with Crippen molar-refractivity contribution in [3.05, 3.63) is 29.8 Å². The van der Waals surface area contributed by atoms with Crippen LogP contribution in [-0.2, 0) is 11.8 Å². The van der Waals surface area contributed by atoms with Crippen molar-refractivity contribution in [2.45, 2.75) is 25.7 Å². The molecule has 0 bridgehead atoms. The molecule has 0 aliphatic carbocycles. The summed E-state index contributed by atoms with van der Waals surface area (Å²) in [4.78, 5) is 17.4. The van der Waals surface area contributed by atoms with E-state index in [1.54, 1.807) is 14.0 Å². The fourth-order valence-corrected chi connectivity index (χ4v) is 2.89. The van der Waals surface area contributed by atoms with Crippen LogP contribution in [-0.4, -0.2) is 46.4 Å². The molecule has 2 aromatic heterocycles. The molecule has 2 aromatic rings. The van der Waals surface area contributed by atoms with Crippen LogP contribution in [0.4, 0.5) is 19.0 Å². The van der Waals surface area contributed by atoms with Crippen LogP contribution < -0.4 is 4.90 Å². The van der Waals surface area contributed by atoms with Gasteiger partial charge in [-0.3, -0.25) is 4.68 Å². The SMILES string of the molecule is CCOC(=O)c1cc(-c2cnc(N3CCC(F)(F)CC3)c(F)c2)n(C)n1. The molecule has 26 heavy (non-hydrogen) atoms. The molecule has 0 unspecified atom stereocenters. The van der Waals surface area contributed by atoms with E-state index in [2.05, 4.69) is 10.1 Å². The molecule has 9 heteroatoms. The molecule has 0 atom stereocenters. The molecule has 3 heterocycles. The number of hydrogen-bond acceptors (Lipinski definition) is 5. The van der Waals surface area contributed by atoms with E-state index < -0.39 is 17.7 Å². The maximum absolute atomic E-state index is 14.5. The first-order valence-electron chi connectivity index (χ1n) is 8.30. The standard InChI is InChI=1S/C17H19F3N4O2/c1-3-26-16(25)13-9-14(23(2)22-13)11-8-12(18)15(21-10-11)24-6-4-17(19,20)5-7-24/h8-10H,3-7H2,1-2H3. The second-order valence-electron chi connectivity index (χ2n) is 6.13. The van der Waals surface area contributed by atoms with E-state index in [0.29, 0.717) is 11.3 Å². The maximum Gasteiger partial charge on any atom is 0.358 e. The predicted molar refractivity (Wildman–Crippen MR) is 88.7 cm³/mol. The summed E-state index contributed by atoms with van der Waals surface area (Å²) in [5.41, 5.74) is 1.04. The number of anilines is 1. The number of rotatable bonds is 4. The van der Waals surface area contributed by atoms with Gasteiger partial charge in [-0.15, -0.1) is 0 Å². The number of piperidine rings is 1. The quantitative estimate of drug-likeness (QED) is 0.777. The van der Waals surface area contributed by atoms with Gasteiger partial charge in [-0.2, -0.15) is 5.10 Å². The van der Waals surface area contributed by atoms with Crippen LogP contribution >= 0.6 is 0 Å². The van der Waals surface area contributed by atoms with Gasteiger partial charge in [-0.1, -0.05) is 0 Å². The molecular formula is C17H19F3N4O2. The third-order valence-corrected chi connectivity index (χ3v) is 4.28. The highest BCUT2D eigenvalue weighted by atomic mass is 19.3. The Morgan fingerprint density at radius 3 is 2.62 bits per heavy atom. The molecule has 0 radical (unpaired) electrons. The van der Waals surface area contributed by atoms with Gasteiger partial charge in [0.05, 0.1) is 12.3 Å². The van der Waals surface area contributed by atoms with Gasteiger partial charge in [0.2, 0.25) is 0 Å². The van der Waals surface area contributed by atoms with Gasteiger partial charge in [-0.25, -0.2) is 22.9 Å². The first-order chi connectivity index (χ1) is 12.3. The second-order valence-corrected chi connectivity index (χ2v) is 6.13. The lowest BCUT2D eigenvalue weighted by molar-refractivity contribution is -0.0222. The minimum Gasteiger partial charge on any atom is -0.461 e. The predicted octanol–water partition coefficient (Wildman–Crippen LogP) is 3.03. The number of nitrogens with zero attached hydrogens (tertiary/aromatic N) is 4. The number of ether oxygens (including phenoxy) is 1. The van der Waals surface area contributed by atoms with Crippen molar-refractivity contribution in [2.24, 2.45) is 7.05 Å². The molecule has 0 amide bonds. The van der Waals surface area contributed by atoms with Crippen molar-refractivity contribution in [2.75, 3.05) is 24.6 Å². The maximum atomic E-state index is 14.5. The zero-order valence-corrected chi connectivity index (χ0v) is 14.5. The van der Waals surface area contributed by atoms with Crippen molar-refractivity contribution in [1.82, 2.24) is 14.8 Å². The summed E-state index contributed by atoms with van der Waals surface area (Å²) in [6.07, 6.45) is 0.804. The summed E-state index contributed by atoms with van der Waals surface area (Å²) < 4.78 is 47.4. The Morgan fingerprint density at radius 2 is 2.00 bits per heavy atom. The molecule has 0 aromatic carbocycles. The van der Waals surface area contributed by atoms with Gasteiger partial charge >= 0.3 is 5.97 Å². The number of aromatic nitrogens is 3. The molecule has 1 saturated heterocycles. The van der Waals surface area contributed by atoms with E-state index >= 15 is 0 Å².